The molecule has 0 aliphatic heterocycles. The molecular weight excluding hydrogens is 461 g/mol. The Bertz CT molecular complexity index is 1230. The third kappa shape index (κ3) is 7.29. The van der Waals surface area contributed by atoms with E-state index < -0.39 is 35.9 Å². The summed E-state index contributed by atoms with van der Waals surface area (Å²) in [5, 5.41) is 25.0. The van der Waals surface area contributed by atoms with Crippen LogP contribution in [-0.2, 0) is 16.1 Å². The number of nitrogens with one attached hydrogen (secondary N) is 3. The molecule has 166 valence electrons. The second-order valence-corrected chi connectivity index (χ2v) is 6.69. The van der Waals surface area contributed by atoms with Crippen LogP contribution in [0.3, 0.4) is 0 Å². The molecule has 3 aromatic rings. The SMILES string of the molecule is Nc1nc2ncc(CNc3ccc(C(=O)N[C@@H](CCC(=O)[O-])C(=O)O)cc3)nc2c(=O)[nH]1.[K+]. The van der Waals surface area contributed by atoms with E-state index in [9.17, 15) is 24.3 Å². The molecule has 0 radical (unpaired) electrons. The van der Waals surface area contributed by atoms with Crippen LogP contribution in [0.2, 0.25) is 0 Å². The van der Waals surface area contributed by atoms with Crippen LogP contribution in [0.1, 0.15) is 28.9 Å². The van der Waals surface area contributed by atoms with Crippen molar-refractivity contribution in [2.45, 2.75) is 25.4 Å². The summed E-state index contributed by atoms with van der Waals surface area (Å²) in [4.78, 5) is 60.4. The molecule has 0 aliphatic carbocycles. The van der Waals surface area contributed by atoms with Crippen molar-refractivity contribution >= 4 is 40.6 Å². The maximum absolute atomic E-state index is 12.3. The van der Waals surface area contributed by atoms with Crippen LogP contribution < -0.4 is 78.4 Å². The van der Waals surface area contributed by atoms with Gasteiger partial charge in [0.1, 0.15) is 6.04 Å². The molecule has 14 heteroatoms. The van der Waals surface area contributed by atoms with E-state index in [4.69, 9.17) is 10.8 Å². The van der Waals surface area contributed by atoms with Gasteiger partial charge in [-0.1, -0.05) is 0 Å². The number of carbonyl (C=O) groups is 3. The molecule has 0 spiro atoms. The van der Waals surface area contributed by atoms with Gasteiger partial charge in [-0.3, -0.25) is 14.6 Å². The molecule has 33 heavy (non-hydrogen) atoms. The Balaban J connectivity index is 0.00000385. The quantitative estimate of drug-likeness (QED) is 0.185. The first kappa shape index (κ1) is 26.3. The molecular formula is C19H18KN7O6. The minimum absolute atomic E-state index is 0. The van der Waals surface area contributed by atoms with Gasteiger partial charge in [0, 0.05) is 17.2 Å². The number of nitrogens with two attached hydrogens (primary N) is 1. The van der Waals surface area contributed by atoms with E-state index >= 15 is 0 Å². The minimum atomic E-state index is -1.40. The predicted molar refractivity (Wildman–Crippen MR) is 109 cm³/mol. The van der Waals surface area contributed by atoms with E-state index in [1.807, 2.05) is 0 Å². The maximum atomic E-state index is 12.3. The number of aliphatic carboxylic acids is 2. The Morgan fingerprint density at radius 1 is 1.18 bits per heavy atom. The smallest absolute Gasteiger partial charge is 0.550 e. The van der Waals surface area contributed by atoms with Crippen LogP contribution in [0.25, 0.3) is 11.2 Å². The summed E-state index contributed by atoms with van der Waals surface area (Å²) in [7, 11) is 0. The molecule has 1 amide bonds. The maximum Gasteiger partial charge on any atom is 1.00 e. The fourth-order valence-electron chi connectivity index (χ4n) is 2.75. The molecule has 13 nitrogen and oxygen atoms in total. The van der Waals surface area contributed by atoms with Gasteiger partial charge >= 0.3 is 57.4 Å². The largest absolute Gasteiger partial charge is 1.00 e. The number of hydrogen-bond acceptors (Lipinski definition) is 10. The summed E-state index contributed by atoms with van der Waals surface area (Å²) < 4.78 is 0. The zero-order chi connectivity index (χ0) is 23.3. The number of nitrogen functional groups attached to an aromatic ring is 1. The van der Waals surface area contributed by atoms with Crippen molar-refractivity contribution in [2.24, 2.45) is 0 Å². The third-order valence-corrected chi connectivity index (χ3v) is 4.35. The van der Waals surface area contributed by atoms with Crippen molar-refractivity contribution < 1.29 is 76.0 Å². The van der Waals surface area contributed by atoms with Crippen LogP contribution in [-0.4, -0.2) is 48.9 Å². The van der Waals surface area contributed by atoms with Gasteiger partial charge in [0.05, 0.1) is 18.4 Å². The first-order valence-electron chi connectivity index (χ1n) is 9.32. The van der Waals surface area contributed by atoms with Crippen LogP contribution in [0.4, 0.5) is 11.6 Å². The van der Waals surface area contributed by atoms with E-state index in [0.29, 0.717) is 11.4 Å². The van der Waals surface area contributed by atoms with Gasteiger partial charge in [-0.05, 0) is 37.1 Å². The van der Waals surface area contributed by atoms with Crippen LogP contribution in [0, 0.1) is 0 Å². The molecule has 0 unspecified atom stereocenters. The van der Waals surface area contributed by atoms with E-state index in [0.717, 1.165) is 0 Å². The number of carbonyl (C=O) groups excluding carboxylic acids is 2. The number of amides is 1. The summed E-state index contributed by atoms with van der Waals surface area (Å²) in [5.41, 5.74) is 6.43. The molecule has 0 fully saturated rings. The number of benzene rings is 1. The van der Waals surface area contributed by atoms with E-state index in [1.54, 1.807) is 12.1 Å². The fourth-order valence-corrected chi connectivity index (χ4v) is 2.75. The molecule has 3 rings (SSSR count). The monoisotopic (exact) mass is 479 g/mol. The summed E-state index contributed by atoms with van der Waals surface area (Å²) in [5.74, 6) is -3.46. The number of carboxylic acid groups (broad SMARTS) is 2. The van der Waals surface area contributed by atoms with Gasteiger partial charge in [0.15, 0.2) is 11.2 Å². The van der Waals surface area contributed by atoms with Gasteiger partial charge in [-0.15, -0.1) is 0 Å². The molecule has 0 bridgehead atoms. The predicted octanol–water partition coefficient (Wildman–Crippen LogP) is -4.38. The first-order chi connectivity index (χ1) is 15.2. The van der Waals surface area contributed by atoms with Crippen molar-refractivity contribution in [1.29, 1.82) is 0 Å². The van der Waals surface area contributed by atoms with Crippen LogP contribution >= 0.6 is 0 Å². The molecule has 6 N–H and O–H groups in total. The number of anilines is 2. The Labute approximate surface area is 228 Å². The fraction of sp³-hybridized carbons (Fsp3) is 0.211. The van der Waals surface area contributed by atoms with Gasteiger partial charge < -0.3 is 31.4 Å². The Morgan fingerprint density at radius 2 is 1.88 bits per heavy atom. The Kier molecular flexibility index (Phi) is 9.42. The standard InChI is InChI=1S/C19H19N7O6.K/c20-19-25-15-14(17(30)26-19)23-11(8-22-15)7-21-10-3-1-9(2-4-10)16(29)24-12(18(31)32)5-6-13(27)28;/h1-4,8,12,21H,5-7H2,(H,24,29)(H,27,28)(H,31,32)(H3,20,22,25,26,30);/q;+1/p-1/t12-;/m0./s1. The number of fused-ring (bicyclic) bond motifs is 1. The van der Waals surface area contributed by atoms with Crippen molar-refractivity contribution in [1.82, 2.24) is 25.3 Å². The zero-order valence-corrected chi connectivity index (χ0v) is 20.6. The number of aromatic amines is 1. The number of nitrogens with zero attached hydrogens (tertiary/aromatic N) is 3. The van der Waals surface area contributed by atoms with E-state index in [1.165, 1.54) is 18.3 Å². The number of aromatic nitrogens is 4. The number of carboxylic acids is 2. The van der Waals surface area contributed by atoms with E-state index in [2.05, 4.69) is 30.6 Å². The molecule has 0 saturated carbocycles. The summed E-state index contributed by atoms with van der Waals surface area (Å²) >= 11 is 0. The summed E-state index contributed by atoms with van der Waals surface area (Å²) in [6, 6.07) is 4.78. The summed E-state index contributed by atoms with van der Waals surface area (Å²) in [6.45, 7) is 0.225. The molecule has 0 aliphatic rings. The summed E-state index contributed by atoms with van der Waals surface area (Å²) in [6.07, 6.45) is 0.662. The van der Waals surface area contributed by atoms with Crippen molar-refractivity contribution in [2.75, 3.05) is 11.1 Å². The Hall–Kier alpha value is -2.91. The van der Waals surface area contributed by atoms with Gasteiger partial charge in [0.25, 0.3) is 11.5 Å². The first-order valence-corrected chi connectivity index (χ1v) is 9.32. The molecule has 1 atom stereocenters. The van der Waals surface area contributed by atoms with Crippen molar-refractivity contribution in [3.63, 3.8) is 0 Å². The minimum Gasteiger partial charge on any atom is -0.550 e. The second kappa shape index (κ2) is 11.8. The topological polar surface area (TPSA) is 216 Å². The van der Waals surface area contributed by atoms with Crippen LogP contribution in [0.5, 0.6) is 0 Å². The molecule has 1 aromatic carbocycles. The zero-order valence-electron chi connectivity index (χ0n) is 17.5. The normalized spacial score (nSPS) is 11.3. The van der Waals surface area contributed by atoms with Gasteiger partial charge in [0.2, 0.25) is 5.95 Å². The van der Waals surface area contributed by atoms with E-state index in [-0.39, 0.29) is 87.0 Å². The number of rotatable bonds is 9. The van der Waals surface area contributed by atoms with Gasteiger partial charge in [-0.2, -0.15) is 4.98 Å². The molecule has 2 aromatic heterocycles. The third-order valence-electron chi connectivity index (χ3n) is 4.35. The second-order valence-electron chi connectivity index (χ2n) is 6.69. The number of H-pyrrole nitrogens is 1. The van der Waals surface area contributed by atoms with Gasteiger partial charge in [-0.25, -0.2) is 14.8 Å². The van der Waals surface area contributed by atoms with Crippen LogP contribution in [0.15, 0.2) is 35.3 Å². The van der Waals surface area contributed by atoms with Crippen molar-refractivity contribution in [3.05, 3.63) is 52.1 Å². The molecule has 0 saturated heterocycles. The molecule has 2 heterocycles. The average Bonchev–Trinajstić information content (AvgIpc) is 2.75. The number of hydrogen-bond donors (Lipinski definition) is 5. The average molecular weight is 479 g/mol. The Morgan fingerprint density at radius 3 is 2.52 bits per heavy atom. The van der Waals surface area contributed by atoms with Crippen molar-refractivity contribution in [3.8, 4) is 0 Å².